The highest BCUT2D eigenvalue weighted by molar-refractivity contribution is 7.89. The number of nitrogens with two attached hydrogens (primary N) is 1. The van der Waals surface area contributed by atoms with Gasteiger partial charge in [0.05, 0.1) is 11.9 Å². The van der Waals surface area contributed by atoms with Crippen LogP contribution in [0.2, 0.25) is 0 Å². The van der Waals surface area contributed by atoms with Gasteiger partial charge in [0.1, 0.15) is 0 Å². The van der Waals surface area contributed by atoms with Crippen molar-refractivity contribution in [3.05, 3.63) is 0 Å². The first kappa shape index (κ1) is 9.95. The van der Waals surface area contributed by atoms with Gasteiger partial charge >= 0.3 is 0 Å². The van der Waals surface area contributed by atoms with Gasteiger partial charge in [-0.1, -0.05) is 0 Å². The van der Waals surface area contributed by atoms with Crippen LogP contribution in [0.5, 0.6) is 0 Å². The molecule has 1 aliphatic rings. The standard InChI is InChI=1S/C7H15NO3S/c8-12(9,10)6-4-7-3-1-2-5-11-7/h7H,1-6H2,(H2,8,9,10)/t7-/m0/s1. The first-order valence-electron chi connectivity index (χ1n) is 4.20. The lowest BCUT2D eigenvalue weighted by atomic mass is 10.1. The van der Waals surface area contributed by atoms with Gasteiger partial charge in [-0.05, 0) is 25.7 Å². The van der Waals surface area contributed by atoms with Gasteiger partial charge in [0.2, 0.25) is 10.0 Å². The third-order valence-corrected chi connectivity index (χ3v) is 2.80. The number of hydrogen-bond acceptors (Lipinski definition) is 3. The van der Waals surface area contributed by atoms with Crippen molar-refractivity contribution in [1.29, 1.82) is 0 Å². The van der Waals surface area contributed by atoms with E-state index in [0.29, 0.717) is 6.42 Å². The Hall–Kier alpha value is -0.130. The van der Waals surface area contributed by atoms with Crippen molar-refractivity contribution in [3.8, 4) is 0 Å². The molecule has 5 heteroatoms. The Balaban J connectivity index is 2.22. The summed E-state index contributed by atoms with van der Waals surface area (Å²) in [7, 11) is -3.30. The molecule has 1 rings (SSSR count). The molecule has 0 amide bonds. The van der Waals surface area contributed by atoms with Crippen molar-refractivity contribution < 1.29 is 13.2 Å². The summed E-state index contributed by atoms with van der Waals surface area (Å²) in [6.07, 6.45) is 3.84. The summed E-state index contributed by atoms with van der Waals surface area (Å²) in [5, 5.41) is 4.87. The van der Waals surface area contributed by atoms with E-state index >= 15 is 0 Å². The number of hydrogen-bond donors (Lipinski definition) is 1. The highest BCUT2D eigenvalue weighted by Gasteiger charge is 2.15. The molecule has 0 aromatic rings. The highest BCUT2D eigenvalue weighted by Crippen LogP contribution is 2.15. The molecule has 0 aliphatic carbocycles. The zero-order chi connectivity index (χ0) is 9.03. The molecule has 0 spiro atoms. The maximum atomic E-state index is 10.6. The van der Waals surface area contributed by atoms with Crippen molar-refractivity contribution in [3.63, 3.8) is 0 Å². The van der Waals surface area contributed by atoms with Crippen LogP contribution in [-0.2, 0) is 14.8 Å². The van der Waals surface area contributed by atoms with Crippen molar-refractivity contribution in [2.45, 2.75) is 31.8 Å². The largest absolute Gasteiger partial charge is 0.378 e. The number of rotatable bonds is 3. The molecule has 0 aromatic carbocycles. The molecule has 0 bridgehead atoms. The van der Waals surface area contributed by atoms with Crippen molar-refractivity contribution in [1.82, 2.24) is 0 Å². The summed E-state index contributed by atoms with van der Waals surface area (Å²) in [6, 6.07) is 0. The van der Waals surface area contributed by atoms with Gasteiger partial charge in [0, 0.05) is 6.61 Å². The average molecular weight is 193 g/mol. The molecular formula is C7H15NO3S. The third-order valence-electron chi connectivity index (χ3n) is 2.00. The molecule has 1 fully saturated rings. The van der Waals surface area contributed by atoms with Crippen LogP contribution < -0.4 is 5.14 Å². The van der Waals surface area contributed by atoms with Gasteiger partial charge in [-0.2, -0.15) is 0 Å². The van der Waals surface area contributed by atoms with E-state index in [2.05, 4.69) is 0 Å². The Kier molecular flexibility index (Phi) is 3.49. The minimum absolute atomic E-state index is 0.0394. The Bertz CT molecular complexity index is 219. The topological polar surface area (TPSA) is 69.4 Å². The zero-order valence-electron chi connectivity index (χ0n) is 7.03. The first-order valence-corrected chi connectivity index (χ1v) is 5.91. The van der Waals surface area contributed by atoms with Crippen LogP contribution in [0.1, 0.15) is 25.7 Å². The van der Waals surface area contributed by atoms with E-state index in [1.165, 1.54) is 0 Å². The van der Waals surface area contributed by atoms with Crippen LogP contribution in [-0.4, -0.2) is 26.9 Å². The van der Waals surface area contributed by atoms with E-state index in [0.717, 1.165) is 25.9 Å². The van der Waals surface area contributed by atoms with Crippen LogP contribution in [0, 0.1) is 0 Å². The molecule has 1 aliphatic heterocycles. The second-order valence-corrected chi connectivity index (χ2v) is 4.88. The lowest BCUT2D eigenvalue weighted by Gasteiger charge is -2.21. The summed E-state index contributed by atoms with van der Waals surface area (Å²) >= 11 is 0. The van der Waals surface area contributed by atoms with Crippen LogP contribution >= 0.6 is 0 Å². The monoisotopic (exact) mass is 193 g/mol. The molecule has 1 heterocycles. The Morgan fingerprint density at radius 1 is 1.42 bits per heavy atom. The van der Waals surface area contributed by atoms with Crippen LogP contribution in [0.4, 0.5) is 0 Å². The summed E-state index contributed by atoms with van der Waals surface area (Å²) in [6.45, 7) is 0.759. The second-order valence-electron chi connectivity index (χ2n) is 3.14. The molecule has 0 aromatic heterocycles. The maximum absolute atomic E-state index is 10.6. The quantitative estimate of drug-likeness (QED) is 0.697. The van der Waals surface area contributed by atoms with Crippen molar-refractivity contribution in [2.24, 2.45) is 5.14 Å². The Labute approximate surface area is 73.1 Å². The van der Waals surface area contributed by atoms with E-state index in [-0.39, 0.29) is 11.9 Å². The predicted molar refractivity (Wildman–Crippen MR) is 46.2 cm³/mol. The molecule has 12 heavy (non-hydrogen) atoms. The minimum atomic E-state index is -3.30. The predicted octanol–water partition coefficient (Wildman–Crippen LogP) is 0.234. The Morgan fingerprint density at radius 2 is 2.17 bits per heavy atom. The summed E-state index contributed by atoms with van der Waals surface area (Å²) in [5.41, 5.74) is 0. The minimum Gasteiger partial charge on any atom is -0.378 e. The van der Waals surface area contributed by atoms with Gasteiger partial charge in [0.25, 0.3) is 0 Å². The molecule has 0 unspecified atom stereocenters. The molecule has 4 nitrogen and oxygen atoms in total. The molecule has 0 saturated carbocycles. The Morgan fingerprint density at radius 3 is 2.67 bits per heavy atom. The summed E-state index contributed by atoms with van der Waals surface area (Å²) < 4.78 is 26.5. The van der Waals surface area contributed by atoms with E-state index < -0.39 is 10.0 Å². The van der Waals surface area contributed by atoms with Crippen molar-refractivity contribution >= 4 is 10.0 Å². The van der Waals surface area contributed by atoms with Crippen LogP contribution in [0.25, 0.3) is 0 Å². The van der Waals surface area contributed by atoms with Gasteiger partial charge in [-0.15, -0.1) is 0 Å². The maximum Gasteiger partial charge on any atom is 0.209 e. The molecule has 72 valence electrons. The first-order chi connectivity index (χ1) is 5.58. The summed E-state index contributed by atoms with van der Waals surface area (Å²) in [5.74, 6) is 0.0394. The molecule has 1 atom stereocenters. The lowest BCUT2D eigenvalue weighted by Crippen LogP contribution is -2.25. The van der Waals surface area contributed by atoms with E-state index in [9.17, 15) is 8.42 Å². The van der Waals surface area contributed by atoms with Crippen LogP contribution in [0.3, 0.4) is 0 Å². The zero-order valence-corrected chi connectivity index (χ0v) is 7.85. The normalized spacial score (nSPS) is 25.6. The number of sulfonamides is 1. The third kappa shape index (κ3) is 4.04. The molecule has 1 saturated heterocycles. The molecule has 0 radical (unpaired) electrons. The van der Waals surface area contributed by atoms with Crippen molar-refractivity contribution in [2.75, 3.05) is 12.4 Å². The number of primary sulfonamides is 1. The molecule has 2 N–H and O–H groups in total. The SMILES string of the molecule is NS(=O)(=O)CC[C@@H]1CCCCO1. The van der Waals surface area contributed by atoms with Gasteiger partial charge in [0.15, 0.2) is 0 Å². The van der Waals surface area contributed by atoms with E-state index in [1.807, 2.05) is 0 Å². The summed E-state index contributed by atoms with van der Waals surface area (Å²) in [4.78, 5) is 0. The lowest BCUT2D eigenvalue weighted by molar-refractivity contribution is 0.0147. The van der Waals surface area contributed by atoms with Crippen LogP contribution in [0.15, 0.2) is 0 Å². The smallest absolute Gasteiger partial charge is 0.209 e. The average Bonchev–Trinajstić information content (AvgIpc) is 2.02. The van der Waals surface area contributed by atoms with Gasteiger partial charge in [-0.3, -0.25) is 0 Å². The van der Waals surface area contributed by atoms with Gasteiger partial charge in [-0.25, -0.2) is 13.6 Å². The highest BCUT2D eigenvalue weighted by atomic mass is 32.2. The number of ether oxygens (including phenoxy) is 1. The van der Waals surface area contributed by atoms with E-state index in [4.69, 9.17) is 9.88 Å². The fraction of sp³-hybridized carbons (Fsp3) is 1.00. The fourth-order valence-electron chi connectivity index (χ4n) is 1.33. The van der Waals surface area contributed by atoms with E-state index in [1.54, 1.807) is 0 Å². The van der Waals surface area contributed by atoms with Gasteiger partial charge < -0.3 is 4.74 Å². The fourth-order valence-corrected chi connectivity index (χ4v) is 1.92. The second kappa shape index (κ2) is 4.20. The molecular weight excluding hydrogens is 178 g/mol.